The van der Waals surface area contributed by atoms with Crippen molar-refractivity contribution in [1.82, 2.24) is 0 Å². The number of phenols is 1. The third kappa shape index (κ3) is 3.95. The molecular formula is C11H13N3O5. The fourth-order valence-corrected chi connectivity index (χ4v) is 1.19. The second kappa shape index (κ2) is 6.34. The number of aromatic hydroxyl groups is 1. The zero-order chi connectivity index (χ0) is 14.4. The Morgan fingerprint density at radius 1 is 1.58 bits per heavy atom. The van der Waals surface area contributed by atoms with Gasteiger partial charge in [0.05, 0.1) is 17.6 Å². The number of esters is 1. The van der Waals surface area contributed by atoms with Crippen LogP contribution >= 0.6 is 0 Å². The molecule has 0 saturated heterocycles. The minimum Gasteiger partial charge on any atom is -0.508 e. The zero-order valence-electron chi connectivity index (χ0n) is 10.4. The largest absolute Gasteiger partial charge is 0.508 e. The first kappa shape index (κ1) is 14.4. The number of carbonyl (C=O) groups excluding carboxylic acids is 1. The molecule has 0 aliphatic carbocycles. The molecule has 0 heterocycles. The van der Waals surface area contributed by atoms with Crippen LogP contribution in [-0.4, -0.2) is 28.3 Å². The average molecular weight is 267 g/mol. The van der Waals surface area contributed by atoms with Crippen molar-refractivity contribution in [2.45, 2.75) is 13.8 Å². The third-order valence-corrected chi connectivity index (χ3v) is 2.09. The van der Waals surface area contributed by atoms with Crippen LogP contribution in [-0.2, 0) is 9.53 Å². The first-order chi connectivity index (χ1) is 8.95. The summed E-state index contributed by atoms with van der Waals surface area (Å²) in [5.41, 5.74) is 2.14. The second-order valence-electron chi connectivity index (χ2n) is 3.49. The molecule has 0 bridgehead atoms. The monoisotopic (exact) mass is 267 g/mol. The van der Waals surface area contributed by atoms with Crippen LogP contribution in [0.15, 0.2) is 23.3 Å². The smallest absolute Gasteiger partial charge is 0.354 e. The molecule has 0 aliphatic rings. The number of nitrogens with one attached hydrogen (secondary N) is 1. The predicted octanol–water partition coefficient (Wildman–Crippen LogP) is 1.65. The summed E-state index contributed by atoms with van der Waals surface area (Å²) in [6.07, 6.45) is 0. The molecule has 0 atom stereocenters. The van der Waals surface area contributed by atoms with E-state index < -0.39 is 10.9 Å². The quantitative estimate of drug-likeness (QED) is 0.275. The summed E-state index contributed by atoms with van der Waals surface area (Å²) in [6.45, 7) is 3.28. The number of benzene rings is 1. The lowest BCUT2D eigenvalue weighted by molar-refractivity contribution is -0.384. The lowest BCUT2D eigenvalue weighted by Crippen LogP contribution is -2.15. The first-order valence-corrected chi connectivity index (χ1v) is 5.40. The van der Waals surface area contributed by atoms with Crippen LogP contribution in [0, 0.1) is 10.1 Å². The molecule has 1 aromatic rings. The van der Waals surface area contributed by atoms with E-state index in [1.54, 1.807) is 6.92 Å². The maximum absolute atomic E-state index is 11.3. The minimum atomic E-state index is -0.669. The Labute approximate surface area is 108 Å². The number of hydrogen-bond acceptors (Lipinski definition) is 7. The molecule has 102 valence electrons. The number of carbonyl (C=O) groups is 1. The molecule has 0 aromatic heterocycles. The molecule has 0 fully saturated rings. The van der Waals surface area contributed by atoms with Gasteiger partial charge in [-0.1, -0.05) is 0 Å². The summed E-state index contributed by atoms with van der Waals surface area (Å²) in [4.78, 5) is 21.4. The maximum Gasteiger partial charge on any atom is 0.354 e. The van der Waals surface area contributed by atoms with Crippen LogP contribution in [0.2, 0.25) is 0 Å². The van der Waals surface area contributed by atoms with Gasteiger partial charge >= 0.3 is 5.97 Å². The summed E-state index contributed by atoms with van der Waals surface area (Å²) in [6, 6.07) is 3.54. The van der Waals surface area contributed by atoms with Crippen molar-refractivity contribution in [2.75, 3.05) is 12.0 Å². The van der Waals surface area contributed by atoms with Crippen LogP contribution in [0.3, 0.4) is 0 Å². The standard InChI is InChI=1S/C11H13N3O5/c1-3-19-11(16)7(2)12-13-9-5-4-8(15)6-10(9)14(17)18/h4-6,13,15H,3H2,1-2H3/b12-7+. The lowest BCUT2D eigenvalue weighted by Gasteiger charge is -2.04. The summed E-state index contributed by atoms with van der Waals surface area (Å²) < 4.78 is 4.71. The summed E-state index contributed by atoms with van der Waals surface area (Å²) in [5.74, 6) is -0.847. The van der Waals surface area contributed by atoms with E-state index in [4.69, 9.17) is 4.74 Å². The highest BCUT2D eigenvalue weighted by Gasteiger charge is 2.15. The second-order valence-corrected chi connectivity index (χ2v) is 3.49. The highest BCUT2D eigenvalue weighted by atomic mass is 16.6. The Kier molecular flexibility index (Phi) is 4.81. The van der Waals surface area contributed by atoms with Gasteiger partial charge in [0.2, 0.25) is 0 Å². The van der Waals surface area contributed by atoms with Gasteiger partial charge in [-0.15, -0.1) is 0 Å². The molecule has 0 unspecified atom stereocenters. The van der Waals surface area contributed by atoms with E-state index in [2.05, 4.69) is 10.5 Å². The molecule has 19 heavy (non-hydrogen) atoms. The number of hydrazone groups is 1. The Bertz CT molecular complexity index is 527. The lowest BCUT2D eigenvalue weighted by atomic mass is 10.2. The summed E-state index contributed by atoms with van der Waals surface area (Å²) in [5, 5.41) is 23.6. The molecule has 0 aliphatic heterocycles. The van der Waals surface area contributed by atoms with E-state index in [0.29, 0.717) is 0 Å². The van der Waals surface area contributed by atoms with Gasteiger partial charge in [0, 0.05) is 0 Å². The molecule has 1 rings (SSSR count). The van der Waals surface area contributed by atoms with Crippen LogP contribution in [0.25, 0.3) is 0 Å². The van der Waals surface area contributed by atoms with Gasteiger partial charge in [-0.05, 0) is 26.0 Å². The molecule has 2 N–H and O–H groups in total. The number of nitro groups is 1. The van der Waals surface area contributed by atoms with Crippen molar-refractivity contribution in [3.8, 4) is 5.75 Å². The van der Waals surface area contributed by atoms with Crippen LogP contribution < -0.4 is 5.43 Å². The molecule has 0 saturated carbocycles. The fraction of sp³-hybridized carbons (Fsp3) is 0.273. The van der Waals surface area contributed by atoms with Gasteiger partial charge in [0.1, 0.15) is 17.1 Å². The Balaban J connectivity index is 2.91. The maximum atomic E-state index is 11.3. The number of rotatable bonds is 5. The van der Waals surface area contributed by atoms with Crippen molar-refractivity contribution in [2.24, 2.45) is 5.10 Å². The first-order valence-electron chi connectivity index (χ1n) is 5.40. The van der Waals surface area contributed by atoms with Gasteiger partial charge in [0.15, 0.2) is 0 Å². The van der Waals surface area contributed by atoms with Crippen LogP contribution in [0.1, 0.15) is 13.8 Å². The Hall–Kier alpha value is -2.64. The minimum absolute atomic E-state index is 0.0317. The average Bonchev–Trinajstić information content (AvgIpc) is 2.36. The van der Waals surface area contributed by atoms with Gasteiger partial charge in [0.25, 0.3) is 5.69 Å². The van der Waals surface area contributed by atoms with Crippen molar-refractivity contribution in [1.29, 1.82) is 0 Å². The van der Waals surface area contributed by atoms with Crippen molar-refractivity contribution in [3.63, 3.8) is 0 Å². The van der Waals surface area contributed by atoms with Gasteiger partial charge < -0.3 is 9.84 Å². The highest BCUT2D eigenvalue weighted by Crippen LogP contribution is 2.28. The van der Waals surface area contributed by atoms with Crippen LogP contribution in [0.5, 0.6) is 5.75 Å². The number of nitro benzene ring substituents is 1. The zero-order valence-corrected chi connectivity index (χ0v) is 10.4. The van der Waals surface area contributed by atoms with Gasteiger partial charge in [-0.3, -0.25) is 15.5 Å². The summed E-state index contributed by atoms with van der Waals surface area (Å²) in [7, 11) is 0. The van der Waals surface area contributed by atoms with Crippen LogP contribution in [0.4, 0.5) is 11.4 Å². The third-order valence-electron chi connectivity index (χ3n) is 2.09. The number of ether oxygens (including phenoxy) is 1. The number of nitrogens with zero attached hydrogens (tertiary/aromatic N) is 2. The van der Waals surface area contributed by atoms with Crippen molar-refractivity contribution in [3.05, 3.63) is 28.3 Å². The Morgan fingerprint density at radius 3 is 2.84 bits per heavy atom. The van der Waals surface area contributed by atoms with Gasteiger partial charge in [-0.25, -0.2) is 4.79 Å². The molecule has 0 spiro atoms. The molecule has 0 amide bonds. The number of anilines is 1. The van der Waals surface area contributed by atoms with E-state index in [1.165, 1.54) is 19.1 Å². The molecular weight excluding hydrogens is 254 g/mol. The van der Waals surface area contributed by atoms with E-state index in [9.17, 15) is 20.0 Å². The molecule has 1 aromatic carbocycles. The predicted molar refractivity (Wildman–Crippen MR) is 68.1 cm³/mol. The fourth-order valence-electron chi connectivity index (χ4n) is 1.19. The number of phenolic OH excluding ortho intramolecular Hbond substituents is 1. The van der Waals surface area contributed by atoms with E-state index >= 15 is 0 Å². The Morgan fingerprint density at radius 2 is 2.26 bits per heavy atom. The van der Waals surface area contributed by atoms with E-state index in [1.807, 2.05) is 0 Å². The van der Waals surface area contributed by atoms with E-state index in [-0.39, 0.29) is 29.4 Å². The van der Waals surface area contributed by atoms with E-state index in [0.717, 1.165) is 6.07 Å². The SMILES string of the molecule is CCOC(=O)/C(C)=N/Nc1ccc(O)cc1[N+](=O)[O-]. The molecule has 0 radical (unpaired) electrons. The molecule has 8 nitrogen and oxygen atoms in total. The topological polar surface area (TPSA) is 114 Å². The van der Waals surface area contributed by atoms with Crippen molar-refractivity contribution < 1.29 is 19.6 Å². The van der Waals surface area contributed by atoms with Gasteiger partial charge in [-0.2, -0.15) is 5.10 Å². The number of hydrogen-bond donors (Lipinski definition) is 2. The molecule has 8 heteroatoms. The van der Waals surface area contributed by atoms with Crippen molar-refractivity contribution >= 4 is 23.1 Å². The highest BCUT2D eigenvalue weighted by molar-refractivity contribution is 6.35. The normalized spacial score (nSPS) is 10.9. The summed E-state index contributed by atoms with van der Waals surface area (Å²) >= 11 is 0.